The first kappa shape index (κ1) is 20.8. The molecule has 3 rings (SSSR count). The maximum atomic E-state index is 12.5. The van der Waals surface area contributed by atoms with Gasteiger partial charge in [-0.05, 0) is 49.6 Å². The number of nitrogens with one attached hydrogen (secondary N) is 2. The number of rotatable bonds is 8. The van der Waals surface area contributed by atoms with E-state index in [0.29, 0.717) is 5.69 Å². The largest absolute Gasteiger partial charge is 0.495 e. The highest BCUT2D eigenvalue weighted by atomic mass is 32.2. The van der Waals surface area contributed by atoms with Crippen LogP contribution in [0.2, 0.25) is 0 Å². The number of hydrogen-bond acceptors (Lipinski definition) is 6. The molecule has 0 aromatic heterocycles. The molecule has 0 bridgehead atoms. The second-order valence-corrected chi connectivity index (χ2v) is 8.38. The van der Waals surface area contributed by atoms with Crippen LogP contribution in [-0.4, -0.2) is 40.1 Å². The number of esters is 1. The molecule has 9 heteroatoms. The third-order valence-corrected chi connectivity index (χ3v) is 5.88. The van der Waals surface area contributed by atoms with Crippen molar-refractivity contribution in [2.75, 3.05) is 19.0 Å². The summed E-state index contributed by atoms with van der Waals surface area (Å²) in [6, 6.07) is 11.1. The fourth-order valence-corrected chi connectivity index (χ4v) is 4.11. The summed E-state index contributed by atoms with van der Waals surface area (Å²) in [4.78, 5) is 24.2. The summed E-state index contributed by atoms with van der Waals surface area (Å²) in [7, 11) is -2.49. The van der Waals surface area contributed by atoms with E-state index in [1.807, 2.05) is 19.1 Å². The molecule has 0 unspecified atom stereocenters. The van der Waals surface area contributed by atoms with Crippen LogP contribution >= 0.6 is 0 Å². The van der Waals surface area contributed by atoms with Gasteiger partial charge in [0.2, 0.25) is 10.0 Å². The van der Waals surface area contributed by atoms with E-state index in [9.17, 15) is 18.0 Å². The molecule has 0 spiro atoms. The Morgan fingerprint density at radius 3 is 2.52 bits per heavy atom. The second kappa shape index (κ2) is 8.62. The molecule has 0 aliphatic heterocycles. The highest BCUT2D eigenvalue weighted by Gasteiger charge is 2.30. The van der Waals surface area contributed by atoms with E-state index in [0.717, 1.165) is 18.4 Å². The number of carbonyl (C=O) groups excluding carboxylic acids is 2. The number of anilines is 1. The van der Waals surface area contributed by atoms with Gasteiger partial charge in [0.25, 0.3) is 5.91 Å². The summed E-state index contributed by atoms with van der Waals surface area (Å²) in [6.45, 7) is 1.35. The smallest absolute Gasteiger partial charge is 0.338 e. The highest BCUT2D eigenvalue weighted by Crippen LogP contribution is 2.28. The molecule has 1 fully saturated rings. The van der Waals surface area contributed by atoms with Crippen molar-refractivity contribution in [3.63, 3.8) is 0 Å². The van der Waals surface area contributed by atoms with E-state index >= 15 is 0 Å². The van der Waals surface area contributed by atoms with Crippen molar-refractivity contribution < 1.29 is 27.5 Å². The molecular formula is C20H22N2O6S. The lowest BCUT2D eigenvalue weighted by Crippen LogP contribution is -2.26. The zero-order chi connectivity index (χ0) is 21.0. The average molecular weight is 418 g/mol. The first-order valence-corrected chi connectivity index (χ1v) is 10.5. The summed E-state index contributed by atoms with van der Waals surface area (Å²) < 4.78 is 37.7. The van der Waals surface area contributed by atoms with Crippen molar-refractivity contribution in [3.05, 3.63) is 53.6 Å². The van der Waals surface area contributed by atoms with Crippen LogP contribution in [0.5, 0.6) is 5.75 Å². The zero-order valence-electron chi connectivity index (χ0n) is 16.1. The first-order valence-electron chi connectivity index (χ1n) is 9.03. The van der Waals surface area contributed by atoms with Crippen LogP contribution in [-0.2, 0) is 19.6 Å². The Labute approximate surface area is 169 Å². The summed E-state index contributed by atoms with van der Waals surface area (Å²) in [5, 5.41) is 2.66. The molecule has 0 radical (unpaired) electrons. The standard InChI is InChI=1S/C20H22N2O6S/c1-13-5-3-4-6-16(13)21-19(23)12-28-20(24)14-7-10-17(27-2)18(11-14)29(25,26)22-15-8-9-15/h3-7,10-11,15,22H,8-9,12H2,1-2H3,(H,21,23). The first-order chi connectivity index (χ1) is 13.8. The van der Waals surface area contributed by atoms with E-state index in [2.05, 4.69) is 10.0 Å². The quantitative estimate of drug-likeness (QED) is 0.636. The van der Waals surface area contributed by atoms with Gasteiger partial charge < -0.3 is 14.8 Å². The van der Waals surface area contributed by atoms with Crippen molar-refractivity contribution in [1.82, 2.24) is 4.72 Å². The second-order valence-electron chi connectivity index (χ2n) is 6.70. The molecule has 0 heterocycles. The van der Waals surface area contributed by atoms with E-state index in [4.69, 9.17) is 9.47 Å². The van der Waals surface area contributed by atoms with E-state index in [1.165, 1.54) is 25.3 Å². The summed E-state index contributed by atoms with van der Waals surface area (Å²) in [5.41, 5.74) is 1.50. The Hall–Kier alpha value is -2.91. The monoisotopic (exact) mass is 418 g/mol. The third kappa shape index (κ3) is 5.33. The predicted molar refractivity (Wildman–Crippen MR) is 106 cm³/mol. The fourth-order valence-electron chi connectivity index (χ4n) is 2.61. The van der Waals surface area contributed by atoms with Gasteiger partial charge in [0.15, 0.2) is 6.61 Å². The Balaban J connectivity index is 1.68. The summed E-state index contributed by atoms with van der Waals surface area (Å²) in [6.07, 6.45) is 1.55. The van der Waals surface area contributed by atoms with Gasteiger partial charge in [0.1, 0.15) is 10.6 Å². The van der Waals surface area contributed by atoms with Gasteiger partial charge in [-0.15, -0.1) is 0 Å². The van der Waals surface area contributed by atoms with Crippen LogP contribution in [0.4, 0.5) is 5.69 Å². The van der Waals surface area contributed by atoms with Gasteiger partial charge in [-0.3, -0.25) is 4.79 Å². The Bertz CT molecular complexity index is 1030. The Kier molecular flexibility index (Phi) is 6.19. The highest BCUT2D eigenvalue weighted by molar-refractivity contribution is 7.89. The van der Waals surface area contributed by atoms with Gasteiger partial charge >= 0.3 is 5.97 Å². The molecule has 154 valence electrons. The number of ether oxygens (including phenoxy) is 2. The molecule has 1 aliphatic carbocycles. The number of amides is 1. The van der Waals surface area contributed by atoms with Crippen LogP contribution in [0, 0.1) is 6.92 Å². The average Bonchev–Trinajstić information content (AvgIpc) is 3.50. The topological polar surface area (TPSA) is 111 Å². The van der Waals surface area contributed by atoms with Crippen molar-refractivity contribution in [2.45, 2.75) is 30.7 Å². The molecule has 2 N–H and O–H groups in total. The molecule has 29 heavy (non-hydrogen) atoms. The lowest BCUT2D eigenvalue weighted by atomic mass is 10.2. The lowest BCUT2D eigenvalue weighted by molar-refractivity contribution is -0.119. The summed E-state index contributed by atoms with van der Waals surface area (Å²) in [5.74, 6) is -1.19. The van der Waals surface area contributed by atoms with Crippen molar-refractivity contribution in [1.29, 1.82) is 0 Å². The number of carbonyl (C=O) groups is 2. The van der Waals surface area contributed by atoms with Crippen molar-refractivity contribution >= 4 is 27.6 Å². The van der Waals surface area contributed by atoms with E-state index in [1.54, 1.807) is 12.1 Å². The minimum absolute atomic E-state index is 0.00524. The number of para-hydroxylation sites is 1. The van der Waals surface area contributed by atoms with Gasteiger partial charge in [-0.25, -0.2) is 17.9 Å². The maximum Gasteiger partial charge on any atom is 0.338 e. The van der Waals surface area contributed by atoms with Gasteiger partial charge in [-0.2, -0.15) is 0 Å². The molecule has 0 saturated heterocycles. The minimum atomic E-state index is -3.83. The van der Waals surface area contributed by atoms with Crippen LogP contribution < -0.4 is 14.8 Å². The molecule has 1 amide bonds. The predicted octanol–water partition coefficient (Wildman–Crippen LogP) is 2.24. The number of hydrogen-bond donors (Lipinski definition) is 2. The number of aryl methyl sites for hydroxylation is 1. The van der Waals surface area contributed by atoms with Crippen LogP contribution in [0.1, 0.15) is 28.8 Å². The van der Waals surface area contributed by atoms with Crippen molar-refractivity contribution in [3.8, 4) is 5.75 Å². The molecule has 2 aromatic carbocycles. The van der Waals surface area contributed by atoms with E-state index in [-0.39, 0.29) is 22.3 Å². The fraction of sp³-hybridized carbons (Fsp3) is 0.300. The Morgan fingerprint density at radius 2 is 1.86 bits per heavy atom. The summed E-state index contributed by atoms with van der Waals surface area (Å²) >= 11 is 0. The number of sulfonamides is 1. The molecule has 2 aromatic rings. The van der Waals surface area contributed by atoms with Crippen LogP contribution in [0.15, 0.2) is 47.4 Å². The van der Waals surface area contributed by atoms with Crippen LogP contribution in [0.25, 0.3) is 0 Å². The number of methoxy groups -OCH3 is 1. The molecule has 0 atom stereocenters. The lowest BCUT2D eigenvalue weighted by Gasteiger charge is -2.12. The van der Waals surface area contributed by atoms with Gasteiger partial charge in [-0.1, -0.05) is 18.2 Å². The number of benzene rings is 2. The van der Waals surface area contributed by atoms with Crippen LogP contribution in [0.3, 0.4) is 0 Å². The third-order valence-electron chi connectivity index (χ3n) is 4.34. The van der Waals surface area contributed by atoms with Gasteiger partial charge in [0.05, 0.1) is 12.7 Å². The molecule has 1 aliphatic rings. The molecular weight excluding hydrogens is 396 g/mol. The SMILES string of the molecule is COc1ccc(C(=O)OCC(=O)Nc2ccccc2C)cc1S(=O)(=O)NC1CC1. The van der Waals surface area contributed by atoms with Gasteiger partial charge in [0, 0.05) is 11.7 Å². The minimum Gasteiger partial charge on any atom is -0.495 e. The maximum absolute atomic E-state index is 12.5. The Morgan fingerprint density at radius 1 is 1.14 bits per heavy atom. The van der Waals surface area contributed by atoms with E-state index < -0.39 is 28.5 Å². The van der Waals surface area contributed by atoms with Crippen molar-refractivity contribution in [2.24, 2.45) is 0 Å². The zero-order valence-corrected chi connectivity index (χ0v) is 16.9. The molecule has 8 nitrogen and oxygen atoms in total. The normalized spacial score (nSPS) is 13.6. The molecule has 1 saturated carbocycles.